The molecule has 3 rings (SSSR count). The zero-order valence-electron chi connectivity index (χ0n) is 14.4. The number of aryl methyl sites for hydroxylation is 1. The molecule has 0 aliphatic heterocycles. The third-order valence-electron chi connectivity index (χ3n) is 4.06. The third-order valence-corrected chi connectivity index (χ3v) is 4.30. The monoisotopic (exact) mass is 366 g/mol. The van der Waals surface area contributed by atoms with Crippen molar-refractivity contribution in [2.75, 3.05) is 0 Å². The lowest BCUT2D eigenvalue weighted by molar-refractivity contribution is 0.100. The number of amides is 1. The maximum atomic E-state index is 11.9. The summed E-state index contributed by atoms with van der Waals surface area (Å²) >= 11 is 6.02. The molecular weight excluding hydrogens is 348 g/mol. The summed E-state index contributed by atoms with van der Waals surface area (Å²) in [5.41, 5.74) is 9.60. The zero-order chi connectivity index (χ0) is 18.5. The molecule has 3 aromatic rings. The van der Waals surface area contributed by atoms with Gasteiger partial charge >= 0.3 is 0 Å². The van der Waals surface area contributed by atoms with Crippen LogP contribution in [-0.2, 0) is 12.8 Å². The van der Waals surface area contributed by atoms with Gasteiger partial charge in [0.25, 0.3) is 5.91 Å². The number of aromatic nitrogens is 2. The van der Waals surface area contributed by atoms with E-state index in [0.29, 0.717) is 22.7 Å². The molecular formula is C20H19ClN4O. The van der Waals surface area contributed by atoms with E-state index >= 15 is 0 Å². The summed E-state index contributed by atoms with van der Waals surface area (Å²) in [5, 5.41) is 7.65. The van der Waals surface area contributed by atoms with E-state index in [1.165, 1.54) is 5.56 Å². The van der Waals surface area contributed by atoms with Crippen LogP contribution in [0.1, 0.15) is 39.7 Å². The Balaban J connectivity index is 1.86. The predicted octanol–water partition coefficient (Wildman–Crippen LogP) is 4.07. The highest BCUT2D eigenvalue weighted by molar-refractivity contribution is 6.30. The Morgan fingerprint density at radius 3 is 2.65 bits per heavy atom. The molecule has 6 heteroatoms. The number of benzene rings is 2. The number of carbonyl (C=O) groups excluding carboxylic acids is 1. The molecule has 1 heterocycles. The number of rotatable bonds is 6. The molecule has 0 saturated carbocycles. The molecule has 0 bridgehead atoms. The summed E-state index contributed by atoms with van der Waals surface area (Å²) < 4.78 is 0. The SMILES string of the molecule is CCc1ccc(C=Nc2n[nH]c(Cc3cccc(Cl)c3)c2C(N)=O)cc1. The van der Waals surface area contributed by atoms with E-state index in [2.05, 4.69) is 22.1 Å². The van der Waals surface area contributed by atoms with Crippen LogP contribution in [0.25, 0.3) is 0 Å². The van der Waals surface area contributed by atoms with E-state index < -0.39 is 5.91 Å². The molecule has 2 aromatic carbocycles. The van der Waals surface area contributed by atoms with Gasteiger partial charge in [0.1, 0.15) is 5.56 Å². The van der Waals surface area contributed by atoms with Crippen molar-refractivity contribution >= 4 is 29.5 Å². The molecule has 0 aliphatic rings. The number of carbonyl (C=O) groups is 1. The van der Waals surface area contributed by atoms with Crippen molar-refractivity contribution < 1.29 is 4.79 Å². The van der Waals surface area contributed by atoms with Crippen molar-refractivity contribution in [1.82, 2.24) is 10.2 Å². The minimum absolute atomic E-state index is 0.286. The number of nitrogens with two attached hydrogens (primary N) is 1. The number of nitrogens with zero attached hydrogens (tertiary/aromatic N) is 2. The topological polar surface area (TPSA) is 84.1 Å². The Morgan fingerprint density at radius 1 is 1.23 bits per heavy atom. The molecule has 3 N–H and O–H groups in total. The van der Waals surface area contributed by atoms with E-state index in [1.807, 2.05) is 42.5 Å². The first-order valence-electron chi connectivity index (χ1n) is 8.31. The van der Waals surface area contributed by atoms with Gasteiger partial charge in [-0.15, -0.1) is 0 Å². The summed E-state index contributed by atoms with van der Waals surface area (Å²) in [6.07, 6.45) is 3.12. The summed E-state index contributed by atoms with van der Waals surface area (Å²) in [7, 11) is 0. The maximum Gasteiger partial charge on any atom is 0.254 e. The quantitative estimate of drug-likeness (QED) is 0.644. The van der Waals surface area contributed by atoms with Crippen LogP contribution in [0.15, 0.2) is 53.5 Å². The number of halogens is 1. The van der Waals surface area contributed by atoms with Gasteiger partial charge in [-0.3, -0.25) is 9.89 Å². The fourth-order valence-electron chi connectivity index (χ4n) is 2.67. The van der Waals surface area contributed by atoms with E-state index in [0.717, 1.165) is 17.5 Å². The van der Waals surface area contributed by atoms with E-state index in [-0.39, 0.29) is 5.82 Å². The van der Waals surface area contributed by atoms with Crippen molar-refractivity contribution in [3.8, 4) is 0 Å². The Kier molecular flexibility index (Phi) is 5.49. The Morgan fingerprint density at radius 2 is 2.00 bits per heavy atom. The molecule has 0 fully saturated rings. The van der Waals surface area contributed by atoms with Gasteiger partial charge < -0.3 is 5.73 Å². The zero-order valence-corrected chi connectivity index (χ0v) is 15.1. The first-order valence-corrected chi connectivity index (χ1v) is 8.69. The third kappa shape index (κ3) is 4.18. The fourth-order valence-corrected chi connectivity index (χ4v) is 2.89. The molecule has 0 spiro atoms. The van der Waals surface area contributed by atoms with Crippen LogP contribution in [0.3, 0.4) is 0 Å². The predicted molar refractivity (Wildman–Crippen MR) is 104 cm³/mol. The highest BCUT2D eigenvalue weighted by Gasteiger charge is 2.18. The summed E-state index contributed by atoms with van der Waals surface area (Å²) in [5.74, 6) is -0.279. The van der Waals surface area contributed by atoms with Crippen molar-refractivity contribution in [2.45, 2.75) is 19.8 Å². The second-order valence-corrected chi connectivity index (χ2v) is 6.36. The second-order valence-electron chi connectivity index (χ2n) is 5.93. The van der Waals surface area contributed by atoms with Crippen LogP contribution in [0.4, 0.5) is 5.82 Å². The molecule has 0 unspecified atom stereocenters. The average Bonchev–Trinajstić information content (AvgIpc) is 3.03. The summed E-state index contributed by atoms with van der Waals surface area (Å²) in [4.78, 5) is 16.3. The average molecular weight is 367 g/mol. The normalized spacial score (nSPS) is 11.2. The minimum Gasteiger partial charge on any atom is -0.365 e. The van der Waals surface area contributed by atoms with Gasteiger partial charge in [0.05, 0.1) is 5.69 Å². The van der Waals surface area contributed by atoms with Crippen LogP contribution in [0, 0.1) is 0 Å². The number of aromatic amines is 1. The van der Waals surface area contributed by atoms with E-state index in [4.69, 9.17) is 17.3 Å². The first kappa shape index (κ1) is 17.9. The smallest absolute Gasteiger partial charge is 0.254 e. The van der Waals surface area contributed by atoms with Crippen LogP contribution >= 0.6 is 11.6 Å². The highest BCUT2D eigenvalue weighted by atomic mass is 35.5. The van der Waals surface area contributed by atoms with Gasteiger partial charge in [-0.1, -0.05) is 54.9 Å². The van der Waals surface area contributed by atoms with Gasteiger partial charge in [0, 0.05) is 17.7 Å². The molecule has 5 nitrogen and oxygen atoms in total. The molecule has 132 valence electrons. The molecule has 0 saturated heterocycles. The van der Waals surface area contributed by atoms with E-state index in [9.17, 15) is 4.79 Å². The summed E-state index contributed by atoms with van der Waals surface area (Å²) in [6, 6.07) is 15.5. The van der Waals surface area contributed by atoms with Gasteiger partial charge in [-0.25, -0.2) is 4.99 Å². The number of hydrogen-bond donors (Lipinski definition) is 2. The van der Waals surface area contributed by atoms with Crippen molar-refractivity contribution in [2.24, 2.45) is 10.7 Å². The highest BCUT2D eigenvalue weighted by Crippen LogP contribution is 2.23. The van der Waals surface area contributed by atoms with Crippen LogP contribution in [0.5, 0.6) is 0 Å². The van der Waals surface area contributed by atoms with Gasteiger partial charge in [-0.05, 0) is 35.2 Å². The molecule has 0 aliphatic carbocycles. The van der Waals surface area contributed by atoms with Gasteiger partial charge in [0.15, 0.2) is 5.82 Å². The number of aliphatic imine (C=N–C) groups is 1. The molecule has 26 heavy (non-hydrogen) atoms. The van der Waals surface area contributed by atoms with Gasteiger partial charge in [0.2, 0.25) is 0 Å². The standard InChI is InChI=1S/C20H19ClN4O/c1-2-13-6-8-14(9-7-13)12-23-20-18(19(22)26)17(24-25-20)11-15-4-3-5-16(21)10-15/h3-10,12H,2,11H2,1H3,(H2,22,26)(H,24,25). The molecule has 1 aromatic heterocycles. The summed E-state index contributed by atoms with van der Waals surface area (Å²) in [6.45, 7) is 2.10. The second kappa shape index (κ2) is 7.97. The van der Waals surface area contributed by atoms with Crippen molar-refractivity contribution in [1.29, 1.82) is 0 Å². The lowest BCUT2D eigenvalue weighted by atomic mass is 10.1. The minimum atomic E-state index is -0.566. The van der Waals surface area contributed by atoms with Crippen molar-refractivity contribution in [3.63, 3.8) is 0 Å². The van der Waals surface area contributed by atoms with Crippen LogP contribution in [0.2, 0.25) is 5.02 Å². The van der Waals surface area contributed by atoms with Crippen LogP contribution in [-0.4, -0.2) is 22.3 Å². The number of hydrogen-bond acceptors (Lipinski definition) is 3. The Bertz CT molecular complexity index is 945. The lowest BCUT2D eigenvalue weighted by Gasteiger charge is -2.02. The maximum absolute atomic E-state index is 11.9. The fraction of sp³-hybridized carbons (Fsp3) is 0.150. The van der Waals surface area contributed by atoms with E-state index in [1.54, 1.807) is 12.3 Å². The Hall–Kier alpha value is -2.92. The number of primary amides is 1. The Labute approximate surface area is 156 Å². The number of H-pyrrole nitrogens is 1. The molecule has 0 radical (unpaired) electrons. The van der Waals surface area contributed by atoms with Crippen molar-refractivity contribution in [3.05, 3.63) is 81.5 Å². The largest absolute Gasteiger partial charge is 0.365 e. The lowest BCUT2D eigenvalue weighted by Crippen LogP contribution is -2.13. The van der Waals surface area contributed by atoms with Gasteiger partial charge in [-0.2, -0.15) is 5.10 Å². The number of nitrogens with one attached hydrogen (secondary N) is 1. The molecule has 0 atom stereocenters. The molecule has 1 amide bonds. The van der Waals surface area contributed by atoms with Crippen LogP contribution < -0.4 is 5.73 Å². The first-order chi connectivity index (χ1) is 12.6.